The fourth-order valence-corrected chi connectivity index (χ4v) is 1.42. The molecule has 6 nitrogen and oxygen atoms in total. The Balaban J connectivity index is 2.69. The summed E-state index contributed by atoms with van der Waals surface area (Å²) in [4.78, 5) is 0. The van der Waals surface area contributed by atoms with Gasteiger partial charge in [0.25, 0.3) is 0 Å². The minimum atomic E-state index is -3.21. The van der Waals surface area contributed by atoms with Gasteiger partial charge in [-0.15, -0.1) is 0 Å². The third-order valence-electron chi connectivity index (χ3n) is 1.29. The van der Waals surface area contributed by atoms with Crippen LogP contribution in [0.3, 0.4) is 0 Å². The van der Waals surface area contributed by atoms with Crippen LogP contribution >= 0.6 is 0 Å². The fraction of sp³-hybridized carbons (Fsp3) is 0.500. The molecule has 0 atom stereocenters. The monoisotopic (exact) mass is 204 g/mol. The SMILES string of the molecule is CS(=O)(=O)Nc1cnn(CCN)c1. The molecule has 1 heterocycles. The molecule has 0 unspecified atom stereocenters. The maximum atomic E-state index is 10.8. The van der Waals surface area contributed by atoms with Gasteiger partial charge >= 0.3 is 0 Å². The minimum Gasteiger partial charge on any atom is -0.329 e. The molecule has 0 saturated heterocycles. The van der Waals surface area contributed by atoms with Crippen molar-refractivity contribution in [3.8, 4) is 0 Å². The number of nitrogens with two attached hydrogens (primary N) is 1. The first-order chi connectivity index (χ1) is 6.01. The van der Waals surface area contributed by atoms with Crippen LogP contribution in [0.2, 0.25) is 0 Å². The van der Waals surface area contributed by atoms with Gasteiger partial charge < -0.3 is 5.73 Å². The van der Waals surface area contributed by atoms with Gasteiger partial charge in [0.15, 0.2) is 0 Å². The van der Waals surface area contributed by atoms with Crippen molar-refractivity contribution in [2.24, 2.45) is 5.73 Å². The molecular formula is C6H12N4O2S. The van der Waals surface area contributed by atoms with Crippen molar-refractivity contribution in [2.45, 2.75) is 6.54 Å². The number of hydrogen-bond donors (Lipinski definition) is 2. The van der Waals surface area contributed by atoms with Crippen LogP contribution < -0.4 is 10.5 Å². The largest absolute Gasteiger partial charge is 0.329 e. The molecule has 0 radical (unpaired) electrons. The van der Waals surface area contributed by atoms with E-state index < -0.39 is 10.0 Å². The van der Waals surface area contributed by atoms with Gasteiger partial charge in [-0.05, 0) is 0 Å². The summed E-state index contributed by atoms with van der Waals surface area (Å²) in [6.07, 6.45) is 4.12. The van der Waals surface area contributed by atoms with E-state index in [9.17, 15) is 8.42 Å². The average molecular weight is 204 g/mol. The van der Waals surface area contributed by atoms with Crippen molar-refractivity contribution in [1.82, 2.24) is 9.78 Å². The van der Waals surface area contributed by atoms with E-state index in [0.717, 1.165) is 6.26 Å². The Hall–Kier alpha value is -1.08. The minimum absolute atomic E-state index is 0.455. The molecule has 1 aromatic rings. The Morgan fingerprint density at radius 1 is 1.69 bits per heavy atom. The van der Waals surface area contributed by atoms with Crippen LogP contribution in [0.4, 0.5) is 5.69 Å². The average Bonchev–Trinajstić information content (AvgIpc) is 2.33. The Bertz CT molecular complexity index is 370. The molecule has 1 aromatic heterocycles. The van der Waals surface area contributed by atoms with E-state index >= 15 is 0 Å². The Morgan fingerprint density at radius 2 is 2.38 bits per heavy atom. The number of nitrogens with one attached hydrogen (secondary N) is 1. The summed E-state index contributed by atoms with van der Waals surface area (Å²) in [6, 6.07) is 0. The van der Waals surface area contributed by atoms with Crippen molar-refractivity contribution in [2.75, 3.05) is 17.5 Å². The van der Waals surface area contributed by atoms with Crippen molar-refractivity contribution in [3.63, 3.8) is 0 Å². The highest BCUT2D eigenvalue weighted by Gasteiger charge is 2.03. The van der Waals surface area contributed by atoms with Gasteiger partial charge in [0.1, 0.15) is 0 Å². The maximum Gasteiger partial charge on any atom is 0.229 e. The lowest BCUT2D eigenvalue weighted by atomic mass is 10.6. The summed E-state index contributed by atoms with van der Waals surface area (Å²) >= 11 is 0. The summed E-state index contributed by atoms with van der Waals surface area (Å²) in [5.74, 6) is 0. The van der Waals surface area contributed by atoms with E-state index in [1.807, 2.05) is 0 Å². The number of nitrogens with zero attached hydrogens (tertiary/aromatic N) is 2. The smallest absolute Gasteiger partial charge is 0.229 e. The lowest BCUT2D eigenvalue weighted by molar-refractivity contribution is 0.606. The molecule has 1 rings (SSSR count). The van der Waals surface area contributed by atoms with Gasteiger partial charge in [0, 0.05) is 12.7 Å². The second-order valence-corrected chi connectivity index (χ2v) is 4.40. The summed E-state index contributed by atoms with van der Waals surface area (Å²) in [5, 5.41) is 3.90. The fourth-order valence-electron chi connectivity index (χ4n) is 0.885. The normalized spacial score (nSPS) is 11.5. The van der Waals surface area contributed by atoms with Crippen molar-refractivity contribution >= 4 is 15.7 Å². The number of anilines is 1. The molecule has 0 aromatic carbocycles. The van der Waals surface area contributed by atoms with Crippen LogP contribution in [0, 0.1) is 0 Å². The second kappa shape index (κ2) is 3.75. The highest BCUT2D eigenvalue weighted by molar-refractivity contribution is 7.92. The van der Waals surface area contributed by atoms with Gasteiger partial charge in [0.05, 0.1) is 24.7 Å². The van der Waals surface area contributed by atoms with Crippen molar-refractivity contribution < 1.29 is 8.42 Å². The molecule has 0 spiro atoms. The molecule has 7 heteroatoms. The predicted octanol–water partition coefficient (Wildman–Crippen LogP) is -0.787. The Kier molecular flexibility index (Phi) is 2.89. The summed E-state index contributed by atoms with van der Waals surface area (Å²) in [6.45, 7) is 1.05. The van der Waals surface area contributed by atoms with Gasteiger partial charge in [-0.2, -0.15) is 5.10 Å². The molecule has 3 N–H and O–H groups in total. The Labute approximate surface area is 76.8 Å². The zero-order valence-electron chi connectivity index (χ0n) is 7.27. The summed E-state index contributed by atoms with van der Waals surface area (Å²) in [5.41, 5.74) is 5.75. The van der Waals surface area contributed by atoms with Crippen LogP contribution in [0.25, 0.3) is 0 Å². The highest BCUT2D eigenvalue weighted by Crippen LogP contribution is 2.05. The first kappa shape index (κ1) is 10.0. The quantitative estimate of drug-likeness (QED) is 0.672. The number of aromatic nitrogens is 2. The maximum absolute atomic E-state index is 10.8. The van der Waals surface area contributed by atoms with Crippen molar-refractivity contribution in [1.29, 1.82) is 0 Å². The van der Waals surface area contributed by atoms with E-state index in [1.165, 1.54) is 6.20 Å². The molecule has 0 bridgehead atoms. The Morgan fingerprint density at radius 3 is 2.92 bits per heavy atom. The number of hydrogen-bond acceptors (Lipinski definition) is 4. The predicted molar refractivity (Wildman–Crippen MR) is 49.7 cm³/mol. The van der Waals surface area contributed by atoms with Crippen LogP contribution in [0.15, 0.2) is 12.4 Å². The molecule has 0 aliphatic carbocycles. The molecule has 0 aliphatic heterocycles. The zero-order chi connectivity index (χ0) is 9.90. The van der Waals surface area contributed by atoms with Crippen LogP contribution in [0.1, 0.15) is 0 Å². The molecule has 74 valence electrons. The number of rotatable bonds is 4. The van der Waals surface area contributed by atoms with Gasteiger partial charge in [0.2, 0.25) is 10.0 Å². The molecule has 13 heavy (non-hydrogen) atoms. The molecule has 0 amide bonds. The molecule has 0 fully saturated rings. The molecule has 0 aliphatic rings. The third kappa shape index (κ3) is 3.43. The first-order valence-electron chi connectivity index (χ1n) is 3.71. The van der Waals surface area contributed by atoms with E-state index in [4.69, 9.17) is 5.73 Å². The topological polar surface area (TPSA) is 90.0 Å². The van der Waals surface area contributed by atoms with Crippen molar-refractivity contribution in [3.05, 3.63) is 12.4 Å². The van der Waals surface area contributed by atoms with Gasteiger partial charge in [-0.3, -0.25) is 9.40 Å². The van der Waals surface area contributed by atoms with E-state index in [1.54, 1.807) is 10.9 Å². The summed E-state index contributed by atoms with van der Waals surface area (Å²) < 4.78 is 25.5. The van der Waals surface area contributed by atoms with Crippen LogP contribution in [0.5, 0.6) is 0 Å². The van der Waals surface area contributed by atoms with E-state index in [-0.39, 0.29) is 0 Å². The lowest BCUT2D eigenvalue weighted by Crippen LogP contribution is -2.10. The lowest BCUT2D eigenvalue weighted by Gasteiger charge is -1.98. The number of sulfonamides is 1. The molecule has 0 saturated carbocycles. The van der Waals surface area contributed by atoms with Crippen LogP contribution in [-0.2, 0) is 16.6 Å². The van der Waals surface area contributed by atoms with Gasteiger partial charge in [-0.1, -0.05) is 0 Å². The van der Waals surface area contributed by atoms with E-state index in [0.29, 0.717) is 18.8 Å². The summed E-state index contributed by atoms with van der Waals surface area (Å²) in [7, 11) is -3.21. The van der Waals surface area contributed by atoms with Gasteiger partial charge in [-0.25, -0.2) is 8.42 Å². The second-order valence-electron chi connectivity index (χ2n) is 2.65. The first-order valence-corrected chi connectivity index (χ1v) is 5.61. The standard InChI is InChI=1S/C6H12N4O2S/c1-13(11,12)9-6-4-8-10(5-6)3-2-7/h4-5,9H,2-3,7H2,1H3. The third-order valence-corrected chi connectivity index (χ3v) is 1.90. The molecular weight excluding hydrogens is 192 g/mol. The van der Waals surface area contributed by atoms with Crippen LogP contribution in [-0.4, -0.2) is 31.0 Å². The highest BCUT2D eigenvalue weighted by atomic mass is 32.2. The van der Waals surface area contributed by atoms with E-state index in [2.05, 4.69) is 9.82 Å². The zero-order valence-corrected chi connectivity index (χ0v) is 8.08.